The molecule has 2 heterocycles. The van der Waals surface area contributed by atoms with Gasteiger partial charge in [-0.1, -0.05) is 30.3 Å². The molecule has 0 spiro atoms. The zero-order valence-electron chi connectivity index (χ0n) is 19.8. The van der Waals surface area contributed by atoms with Crippen LogP contribution in [0.4, 0.5) is 10.7 Å². The molecule has 2 aromatic carbocycles. The molecule has 0 saturated carbocycles. The average molecular weight is 463 g/mol. The molecule has 4 rings (SSSR count). The lowest BCUT2D eigenvalue weighted by molar-refractivity contribution is -0.117. The molecule has 34 heavy (non-hydrogen) atoms. The van der Waals surface area contributed by atoms with E-state index < -0.39 is 5.60 Å². The first kappa shape index (κ1) is 23.5. The third kappa shape index (κ3) is 5.81. The molecule has 2 N–H and O–H groups in total. The Morgan fingerprint density at radius 2 is 1.76 bits per heavy atom. The van der Waals surface area contributed by atoms with Crippen LogP contribution in [-0.4, -0.2) is 51.3 Å². The number of carbonyl (C=O) groups is 3. The summed E-state index contributed by atoms with van der Waals surface area (Å²) in [5.41, 5.74) is 2.01. The number of ether oxygens (including phenoxy) is 1. The van der Waals surface area contributed by atoms with Gasteiger partial charge in [0.2, 0.25) is 11.9 Å². The predicted molar refractivity (Wildman–Crippen MR) is 130 cm³/mol. The Balaban J connectivity index is 1.32. The third-order valence-electron chi connectivity index (χ3n) is 5.78. The number of anilines is 1. The van der Waals surface area contributed by atoms with E-state index in [-0.39, 0.29) is 23.7 Å². The number of likely N-dealkylation sites (tertiary alicyclic amines) is 1. The molecule has 0 atom stereocenters. The zero-order chi connectivity index (χ0) is 24.3. The van der Waals surface area contributed by atoms with Gasteiger partial charge in [-0.15, -0.1) is 0 Å². The minimum absolute atomic E-state index is 0.0691. The minimum atomic E-state index is -0.518. The highest BCUT2D eigenvalue weighted by Gasteiger charge is 2.28. The van der Waals surface area contributed by atoms with Gasteiger partial charge in [0.05, 0.1) is 11.0 Å². The van der Waals surface area contributed by atoms with Crippen molar-refractivity contribution in [2.24, 2.45) is 5.92 Å². The molecule has 0 bridgehead atoms. The van der Waals surface area contributed by atoms with Crippen LogP contribution in [0.15, 0.2) is 48.5 Å². The van der Waals surface area contributed by atoms with Crippen LogP contribution >= 0.6 is 0 Å². The highest BCUT2D eigenvalue weighted by Crippen LogP contribution is 2.23. The molecule has 2 amide bonds. The summed E-state index contributed by atoms with van der Waals surface area (Å²) in [4.78, 5) is 46.7. The van der Waals surface area contributed by atoms with E-state index in [2.05, 4.69) is 15.3 Å². The lowest BCUT2D eigenvalue weighted by Gasteiger charge is -2.33. The molecular weight excluding hydrogens is 432 g/mol. The van der Waals surface area contributed by atoms with E-state index in [0.29, 0.717) is 47.6 Å². The summed E-state index contributed by atoms with van der Waals surface area (Å²) in [6.07, 6.45) is 1.55. The minimum Gasteiger partial charge on any atom is -0.444 e. The molecule has 0 unspecified atom stereocenters. The van der Waals surface area contributed by atoms with Gasteiger partial charge in [-0.3, -0.25) is 14.9 Å². The normalized spacial score (nSPS) is 14.7. The van der Waals surface area contributed by atoms with Crippen molar-refractivity contribution in [3.05, 3.63) is 59.7 Å². The topological polar surface area (TPSA) is 104 Å². The molecule has 178 valence electrons. The first-order valence-electron chi connectivity index (χ1n) is 11.6. The molecule has 1 aromatic heterocycles. The number of hydrogen-bond acceptors (Lipinski definition) is 5. The van der Waals surface area contributed by atoms with Crippen molar-refractivity contribution in [1.82, 2.24) is 14.9 Å². The van der Waals surface area contributed by atoms with Crippen LogP contribution in [0.1, 0.15) is 56.0 Å². The van der Waals surface area contributed by atoms with Gasteiger partial charge in [-0.05, 0) is 57.7 Å². The number of imidazole rings is 1. The van der Waals surface area contributed by atoms with E-state index in [4.69, 9.17) is 4.74 Å². The Kier molecular flexibility index (Phi) is 6.68. The summed E-state index contributed by atoms with van der Waals surface area (Å²) in [6.45, 7) is 6.71. The summed E-state index contributed by atoms with van der Waals surface area (Å²) < 4.78 is 5.42. The molecule has 1 fully saturated rings. The summed E-state index contributed by atoms with van der Waals surface area (Å²) in [6, 6.07) is 14.3. The second kappa shape index (κ2) is 9.67. The van der Waals surface area contributed by atoms with Gasteiger partial charge in [-0.2, -0.15) is 0 Å². The maximum absolute atomic E-state index is 12.7. The van der Waals surface area contributed by atoms with Crippen molar-refractivity contribution in [1.29, 1.82) is 0 Å². The highest BCUT2D eigenvalue weighted by molar-refractivity contribution is 6.10. The number of nitrogens with one attached hydrogen (secondary N) is 2. The maximum atomic E-state index is 12.7. The van der Waals surface area contributed by atoms with E-state index in [0.717, 1.165) is 12.8 Å². The van der Waals surface area contributed by atoms with Crippen LogP contribution < -0.4 is 5.32 Å². The fourth-order valence-electron chi connectivity index (χ4n) is 4.06. The van der Waals surface area contributed by atoms with Gasteiger partial charge < -0.3 is 14.6 Å². The number of ketones is 1. The van der Waals surface area contributed by atoms with Crippen LogP contribution in [0, 0.1) is 5.92 Å². The number of carbonyl (C=O) groups excluding carboxylic acids is 3. The van der Waals surface area contributed by atoms with Crippen LogP contribution in [0.25, 0.3) is 11.0 Å². The van der Waals surface area contributed by atoms with Gasteiger partial charge >= 0.3 is 6.09 Å². The average Bonchev–Trinajstić information content (AvgIpc) is 3.19. The van der Waals surface area contributed by atoms with Crippen molar-refractivity contribution in [2.45, 2.75) is 45.6 Å². The standard InChI is InChI=1S/C26H30N4O4/c1-26(2,3)34-25(33)30-13-11-17(12-14-30)15-22(31)29-24-27-20-10-9-19(16-21(20)28-24)23(32)18-7-5-4-6-8-18/h4-10,16-17H,11-15H2,1-3H3,(H2,27,28,29,31). The third-order valence-corrected chi connectivity index (χ3v) is 5.78. The van der Waals surface area contributed by atoms with Crippen LogP contribution in [0.2, 0.25) is 0 Å². The number of rotatable bonds is 5. The van der Waals surface area contributed by atoms with Gasteiger partial charge in [0, 0.05) is 30.6 Å². The first-order chi connectivity index (χ1) is 16.2. The van der Waals surface area contributed by atoms with E-state index >= 15 is 0 Å². The highest BCUT2D eigenvalue weighted by atomic mass is 16.6. The van der Waals surface area contributed by atoms with Crippen molar-refractivity contribution in [3.8, 4) is 0 Å². The zero-order valence-corrected chi connectivity index (χ0v) is 19.8. The quantitative estimate of drug-likeness (QED) is 0.532. The molecule has 0 radical (unpaired) electrons. The Bertz CT molecular complexity index is 1190. The van der Waals surface area contributed by atoms with Crippen molar-refractivity contribution < 1.29 is 19.1 Å². The summed E-state index contributed by atoms with van der Waals surface area (Å²) in [5.74, 6) is 0.351. The van der Waals surface area contributed by atoms with E-state index in [1.165, 1.54) is 0 Å². The van der Waals surface area contributed by atoms with Crippen LogP contribution in [0.3, 0.4) is 0 Å². The number of nitrogens with zero attached hydrogens (tertiary/aromatic N) is 2. The Labute approximate surface area is 198 Å². The molecule has 8 heteroatoms. The van der Waals surface area contributed by atoms with Gasteiger partial charge in [0.1, 0.15) is 5.60 Å². The fourth-order valence-corrected chi connectivity index (χ4v) is 4.06. The lowest BCUT2D eigenvalue weighted by atomic mass is 9.93. The smallest absolute Gasteiger partial charge is 0.410 e. The number of aromatic nitrogens is 2. The lowest BCUT2D eigenvalue weighted by Crippen LogP contribution is -2.42. The molecule has 0 aliphatic carbocycles. The predicted octanol–water partition coefficient (Wildman–Crippen LogP) is 4.77. The number of amides is 2. The molecule has 1 saturated heterocycles. The van der Waals surface area contributed by atoms with E-state index in [1.807, 2.05) is 39.0 Å². The van der Waals surface area contributed by atoms with Crippen molar-refractivity contribution in [3.63, 3.8) is 0 Å². The Morgan fingerprint density at radius 1 is 1.06 bits per heavy atom. The Hall–Kier alpha value is -3.68. The molecule has 3 aromatic rings. The van der Waals surface area contributed by atoms with Crippen LogP contribution in [-0.2, 0) is 9.53 Å². The number of hydrogen-bond donors (Lipinski definition) is 2. The second-order valence-corrected chi connectivity index (χ2v) is 9.68. The fraction of sp³-hybridized carbons (Fsp3) is 0.385. The number of piperidine rings is 1. The largest absolute Gasteiger partial charge is 0.444 e. The van der Waals surface area contributed by atoms with Gasteiger partial charge in [0.15, 0.2) is 5.78 Å². The van der Waals surface area contributed by atoms with E-state index in [9.17, 15) is 14.4 Å². The SMILES string of the molecule is CC(C)(C)OC(=O)N1CCC(CC(=O)Nc2nc3ccc(C(=O)c4ccccc4)cc3[nH]2)CC1. The first-order valence-corrected chi connectivity index (χ1v) is 11.6. The van der Waals surface area contributed by atoms with E-state index in [1.54, 1.807) is 35.2 Å². The monoisotopic (exact) mass is 462 g/mol. The van der Waals surface area contributed by atoms with Crippen molar-refractivity contribution >= 4 is 34.8 Å². The van der Waals surface area contributed by atoms with Crippen molar-refractivity contribution in [2.75, 3.05) is 18.4 Å². The maximum Gasteiger partial charge on any atom is 0.410 e. The van der Waals surface area contributed by atoms with Crippen LogP contribution in [0.5, 0.6) is 0 Å². The van der Waals surface area contributed by atoms with Gasteiger partial charge in [0.25, 0.3) is 0 Å². The summed E-state index contributed by atoms with van der Waals surface area (Å²) >= 11 is 0. The number of fused-ring (bicyclic) bond motifs is 1. The number of benzene rings is 2. The Morgan fingerprint density at radius 3 is 2.44 bits per heavy atom. The number of H-pyrrole nitrogens is 1. The second-order valence-electron chi connectivity index (χ2n) is 9.68. The molecule has 8 nitrogen and oxygen atoms in total. The van der Waals surface area contributed by atoms with Gasteiger partial charge in [-0.25, -0.2) is 9.78 Å². The molecule has 1 aliphatic rings. The summed E-state index contributed by atoms with van der Waals surface area (Å²) in [5, 5.41) is 2.83. The number of aromatic amines is 1. The summed E-state index contributed by atoms with van der Waals surface area (Å²) in [7, 11) is 0. The molecule has 1 aliphatic heterocycles. The molecular formula is C26H30N4O4.